The van der Waals surface area contributed by atoms with Crippen LogP contribution in [0.25, 0.3) is 0 Å². The Morgan fingerprint density at radius 2 is 2.00 bits per heavy atom. The smallest absolute Gasteiger partial charge is 0.232 e. The van der Waals surface area contributed by atoms with Crippen molar-refractivity contribution in [2.75, 3.05) is 36.5 Å². The van der Waals surface area contributed by atoms with Crippen LogP contribution in [0.5, 0.6) is 0 Å². The normalized spacial score (nSPS) is 19.2. The number of anilines is 2. The van der Waals surface area contributed by atoms with Crippen molar-refractivity contribution in [1.82, 2.24) is 25.3 Å². The van der Waals surface area contributed by atoms with E-state index in [-0.39, 0.29) is 6.10 Å². The van der Waals surface area contributed by atoms with E-state index in [2.05, 4.69) is 30.5 Å². The number of ether oxygens (including phenoxy) is 1. The van der Waals surface area contributed by atoms with E-state index >= 15 is 0 Å². The molecule has 2 fully saturated rings. The fraction of sp³-hybridized carbons (Fsp3) is 0.526. The molecule has 1 atom stereocenters. The van der Waals surface area contributed by atoms with Crippen molar-refractivity contribution in [3.8, 4) is 0 Å². The lowest BCUT2D eigenvalue weighted by Crippen LogP contribution is -2.35. The number of hydrogen-bond acceptors (Lipinski definition) is 8. The fourth-order valence-corrected chi connectivity index (χ4v) is 4.28. The Balaban J connectivity index is 1.47. The Morgan fingerprint density at radius 1 is 1.17 bits per heavy atom. The lowest BCUT2D eigenvalue weighted by Gasteiger charge is -2.28. The molecule has 0 aliphatic carbocycles. The maximum Gasteiger partial charge on any atom is 0.232 e. The van der Waals surface area contributed by atoms with Crippen LogP contribution in [0, 0.1) is 0 Å². The van der Waals surface area contributed by atoms with Crippen LogP contribution in [0.2, 0.25) is 0 Å². The van der Waals surface area contributed by atoms with Crippen molar-refractivity contribution < 1.29 is 4.74 Å². The summed E-state index contributed by atoms with van der Waals surface area (Å²) in [5, 5.41) is 8.29. The third kappa shape index (κ3) is 5.97. The first kappa shape index (κ1) is 20.2. The van der Waals surface area contributed by atoms with E-state index in [0.29, 0.717) is 22.8 Å². The third-order valence-electron chi connectivity index (χ3n) is 4.85. The molecule has 2 aliphatic rings. The van der Waals surface area contributed by atoms with E-state index in [1.807, 2.05) is 6.07 Å². The quantitative estimate of drug-likeness (QED) is 0.404. The number of nitrogens with one attached hydrogen (secondary N) is 2. The minimum absolute atomic E-state index is 0.219. The molecule has 2 aliphatic heterocycles. The second-order valence-electron chi connectivity index (χ2n) is 7.04. The van der Waals surface area contributed by atoms with Crippen LogP contribution < -0.4 is 15.5 Å². The minimum Gasteiger partial charge on any atom is -0.376 e. The summed E-state index contributed by atoms with van der Waals surface area (Å²) in [6.45, 7) is 3.53. The van der Waals surface area contributed by atoms with Gasteiger partial charge in [0.1, 0.15) is 10.8 Å². The molecule has 0 saturated carbocycles. The summed E-state index contributed by atoms with van der Waals surface area (Å²) in [6, 6.07) is 3.80. The average molecular weight is 432 g/mol. The number of aromatic nitrogens is 4. The van der Waals surface area contributed by atoms with Crippen molar-refractivity contribution in [1.29, 1.82) is 0 Å². The SMILES string of the molecule is S=C(NCC1CCCO1)Nc1nc(Sc2ncccn2)cc(N2CCCCC2)n1. The van der Waals surface area contributed by atoms with Gasteiger partial charge in [0.25, 0.3) is 0 Å². The molecule has 2 aromatic rings. The predicted octanol–water partition coefficient (Wildman–Crippen LogP) is 2.87. The Labute approximate surface area is 180 Å². The summed E-state index contributed by atoms with van der Waals surface area (Å²) < 4.78 is 5.63. The van der Waals surface area contributed by atoms with Crippen molar-refractivity contribution in [2.24, 2.45) is 0 Å². The van der Waals surface area contributed by atoms with E-state index < -0.39 is 0 Å². The molecule has 0 aromatic carbocycles. The van der Waals surface area contributed by atoms with E-state index in [0.717, 1.165) is 43.4 Å². The van der Waals surface area contributed by atoms with Crippen molar-refractivity contribution in [2.45, 2.75) is 48.4 Å². The van der Waals surface area contributed by atoms with Gasteiger partial charge in [-0.15, -0.1) is 0 Å². The fourth-order valence-electron chi connectivity index (χ4n) is 3.40. The van der Waals surface area contributed by atoms with E-state index in [4.69, 9.17) is 21.9 Å². The summed E-state index contributed by atoms with van der Waals surface area (Å²) in [6.07, 6.45) is 9.47. The molecule has 2 aromatic heterocycles. The standard InChI is InChI=1S/C19H25N7OS2/c28-18(22-13-14-6-4-11-27-14)25-17-23-15(26-9-2-1-3-10-26)12-16(24-17)29-19-20-7-5-8-21-19/h5,7-8,12,14H,1-4,6,9-11,13H2,(H2,22,23,24,25,28). The van der Waals surface area contributed by atoms with E-state index in [9.17, 15) is 0 Å². The lowest BCUT2D eigenvalue weighted by atomic mass is 10.1. The zero-order valence-electron chi connectivity index (χ0n) is 16.2. The number of rotatable bonds is 6. The average Bonchev–Trinajstić information content (AvgIpc) is 3.27. The van der Waals surface area contributed by atoms with Crippen LogP contribution >= 0.6 is 24.0 Å². The van der Waals surface area contributed by atoms with E-state index in [1.165, 1.54) is 31.0 Å². The van der Waals surface area contributed by atoms with Gasteiger partial charge in [-0.1, -0.05) is 0 Å². The first-order valence-electron chi connectivity index (χ1n) is 10.0. The second kappa shape index (κ2) is 10.1. The number of nitrogens with zero attached hydrogens (tertiary/aromatic N) is 5. The third-order valence-corrected chi connectivity index (χ3v) is 5.90. The maximum absolute atomic E-state index is 5.63. The molecular weight excluding hydrogens is 406 g/mol. The van der Waals surface area contributed by atoms with Gasteiger partial charge < -0.3 is 20.3 Å². The molecule has 0 spiro atoms. The molecule has 0 amide bonds. The number of thiocarbonyl (C=S) groups is 1. The summed E-state index contributed by atoms with van der Waals surface area (Å²) in [5.41, 5.74) is 0. The van der Waals surface area contributed by atoms with Crippen LogP contribution in [-0.2, 0) is 4.74 Å². The highest BCUT2D eigenvalue weighted by atomic mass is 32.2. The maximum atomic E-state index is 5.63. The van der Waals surface area contributed by atoms with Gasteiger partial charge >= 0.3 is 0 Å². The van der Waals surface area contributed by atoms with Crippen LogP contribution in [0.4, 0.5) is 11.8 Å². The Bertz CT molecular complexity index is 811. The van der Waals surface area contributed by atoms with Crippen molar-refractivity contribution in [3.05, 3.63) is 24.5 Å². The number of hydrogen-bond donors (Lipinski definition) is 2. The molecule has 2 saturated heterocycles. The highest BCUT2D eigenvalue weighted by Crippen LogP contribution is 2.28. The van der Waals surface area contributed by atoms with Gasteiger partial charge in [0.05, 0.1) is 6.10 Å². The summed E-state index contributed by atoms with van der Waals surface area (Å²) >= 11 is 6.86. The predicted molar refractivity (Wildman–Crippen MR) is 117 cm³/mol. The molecule has 4 rings (SSSR count). The lowest BCUT2D eigenvalue weighted by molar-refractivity contribution is 0.114. The first-order chi connectivity index (χ1) is 14.3. The summed E-state index contributed by atoms with van der Waals surface area (Å²) in [4.78, 5) is 20.2. The highest BCUT2D eigenvalue weighted by molar-refractivity contribution is 7.99. The van der Waals surface area contributed by atoms with Gasteiger partial charge in [-0.25, -0.2) is 15.0 Å². The molecule has 1 unspecified atom stereocenters. The molecule has 2 N–H and O–H groups in total. The highest BCUT2D eigenvalue weighted by Gasteiger charge is 2.18. The minimum atomic E-state index is 0.219. The summed E-state index contributed by atoms with van der Waals surface area (Å²) in [5.74, 6) is 1.39. The zero-order chi connectivity index (χ0) is 19.9. The largest absolute Gasteiger partial charge is 0.376 e. The Hall–Kier alpha value is -2.04. The Kier molecular flexibility index (Phi) is 7.07. The first-order valence-corrected chi connectivity index (χ1v) is 11.2. The van der Waals surface area contributed by atoms with Crippen molar-refractivity contribution >= 4 is 40.9 Å². The monoisotopic (exact) mass is 431 g/mol. The van der Waals surface area contributed by atoms with Crippen LogP contribution in [-0.4, -0.2) is 57.4 Å². The molecule has 0 bridgehead atoms. The molecule has 0 radical (unpaired) electrons. The van der Waals surface area contributed by atoms with Gasteiger partial charge in [0.15, 0.2) is 10.3 Å². The van der Waals surface area contributed by atoms with Gasteiger partial charge in [-0.3, -0.25) is 0 Å². The van der Waals surface area contributed by atoms with Crippen LogP contribution in [0.3, 0.4) is 0 Å². The molecule has 4 heterocycles. The number of piperidine rings is 1. The second-order valence-corrected chi connectivity index (χ2v) is 8.43. The van der Waals surface area contributed by atoms with Gasteiger partial charge in [0, 0.05) is 44.7 Å². The van der Waals surface area contributed by atoms with Gasteiger partial charge in [-0.05, 0) is 62.2 Å². The van der Waals surface area contributed by atoms with E-state index in [1.54, 1.807) is 18.5 Å². The molecule has 8 nitrogen and oxygen atoms in total. The Morgan fingerprint density at radius 3 is 2.76 bits per heavy atom. The van der Waals surface area contributed by atoms with Crippen LogP contribution in [0.1, 0.15) is 32.1 Å². The van der Waals surface area contributed by atoms with Gasteiger partial charge in [0.2, 0.25) is 5.95 Å². The van der Waals surface area contributed by atoms with Crippen molar-refractivity contribution in [3.63, 3.8) is 0 Å². The summed E-state index contributed by atoms with van der Waals surface area (Å²) in [7, 11) is 0. The van der Waals surface area contributed by atoms with Gasteiger partial charge in [-0.2, -0.15) is 4.98 Å². The van der Waals surface area contributed by atoms with Crippen LogP contribution in [0.15, 0.2) is 34.7 Å². The topological polar surface area (TPSA) is 88.1 Å². The molecule has 10 heteroatoms. The molecule has 29 heavy (non-hydrogen) atoms. The zero-order valence-corrected chi connectivity index (χ0v) is 17.8. The molecular formula is C19H25N7OS2. The molecule has 154 valence electrons.